The van der Waals surface area contributed by atoms with Crippen molar-refractivity contribution in [2.75, 3.05) is 0 Å². The maximum atomic E-state index is 12.7. The van der Waals surface area contributed by atoms with Gasteiger partial charge in [0.15, 0.2) is 0 Å². The quantitative estimate of drug-likeness (QED) is 0.489. The van der Waals surface area contributed by atoms with E-state index in [0.29, 0.717) is 16.5 Å². The highest BCUT2D eigenvalue weighted by atomic mass is 35.5. The molecule has 0 aliphatic heterocycles. The van der Waals surface area contributed by atoms with Crippen LogP contribution in [0.2, 0.25) is 5.15 Å². The van der Waals surface area contributed by atoms with Crippen LogP contribution < -0.4 is 0 Å². The Bertz CT molecular complexity index is 923. The normalized spacial score (nSPS) is 11.7. The van der Waals surface area contributed by atoms with Gasteiger partial charge in [0.1, 0.15) is 22.1 Å². The molecule has 3 rings (SSSR count). The van der Waals surface area contributed by atoms with Gasteiger partial charge in [-0.2, -0.15) is 0 Å². The van der Waals surface area contributed by atoms with E-state index in [1.807, 2.05) is 62.6 Å². The number of esters is 1. The van der Waals surface area contributed by atoms with Crippen molar-refractivity contribution in [3.63, 3.8) is 0 Å². The lowest BCUT2D eigenvalue weighted by molar-refractivity contribution is 0.00609. The molecule has 1 aromatic carbocycles. The predicted molar refractivity (Wildman–Crippen MR) is 96.0 cm³/mol. The molecule has 24 heavy (non-hydrogen) atoms. The Balaban J connectivity index is 2.28. The lowest BCUT2D eigenvalue weighted by atomic mass is 10.2. The number of rotatable bonds is 2. The molecule has 2 aromatic heterocycles. The molecular weight excluding hydrogens is 324 g/mol. The summed E-state index contributed by atoms with van der Waals surface area (Å²) in [5, 5.41) is 1.22. The van der Waals surface area contributed by atoms with E-state index in [1.54, 1.807) is 12.1 Å². The van der Waals surface area contributed by atoms with Gasteiger partial charge in [-0.1, -0.05) is 29.8 Å². The molecule has 4 nitrogen and oxygen atoms in total. The molecular formula is C19H19ClN2O2. The maximum absolute atomic E-state index is 12.7. The van der Waals surface area contributed by atoms with Crippen LogP contribution in [0.3, 0.4) is 0 Å². The number of ether oxygens (including phenoxy) is 1. The predicted octanol–water partition coefficient (Wildman–Crippen LogP) is 4.94. The summed E-state index contributed by atoms with van der Waals surface area (Å²) in [4.78, 5) is 17.1. The third-order valence-electron chi connectivity index (χ3n) is 3.58. The van der Waals surface area contributed by atoms with Crippen LogP contribution in [0.4, 0.5) is 0 Å². The Morgan fingerprint density at radius 2 is 1.88 bits per heavy atom. The Kier molecular flexibility index (Phi) is 4.10. The molecule has 0 aliphatic rings. The van der Waals surface area contributed by atoms with Crippen molar-refractivity contribution < 1.29 is 9.53 Å². The second kappa shape index (κ2) is 5.95. The van der Waals surface area contributed by atoms with Gasteiger partial charge in [-0.15, -0.1) is 0 Å². The molecule has 3 aromatic rings. The van der Waals surface area contributed by atoms with Gasteiger partial charge in [-0.05, 0) is 57.5 Å². The number of para-hydroxylation sites is 1. The van der Waals surface area contributed by atoms with Gasteiger partial charge in [-0.3, -0.25) is 4.57 Å². The van der Waals surface area contributed by atoms with E-state index in [9.17, 15) is 4.79 Å². The number of halogens is 1. The van der Waals surface area contributed by atoms with Crippen LogP contribution >= 0.6 is 11.6 Å². The minimum atomic E-state index is -0.574. The fourth-order valence-corrected chi connectivity index (χ4v) is 2.74. The molecule has 124 valence electrons. The van der Waals surface area contributed by atoms with Crippen LogP contribution in [0.25, 0.3) is 16.7 Å². The number of aryl methyl sites for hydroxylation is 1. The van der Waals surface area contributed by atoms with Crippen LogP contribution in [0.1, 0.15) is 36.8 Å². The summed E-state index contributed by atoms with van der Waals surface area (Å²) in [5.41, 5.74) is 2.40. The van der Waals surface area contributed by atoms with E-state index in [-0.39, 0.29) is 5.97 Å². The average molecular weight is 343 g/mol. The minimum Gasteiger partial charge on any atom is -0.455 e. The van der Waals surface area contributed by atoms with Crippen molar-refractivity contribution in [3.05, 3.63) is 58.9 Å². The molecule has 2 heterocycles. The number of nitrogens with zero attached hydrogens (tertiary/aromatic N) is 2. The van der Waals surface area contributed by atoms with Gasteiger partial charge >= 0.3 is 5.97 Å². The average Bonchev–Trinajstić information content (AvgIpc) is 2.84. The van der Waals surface area contributed by atoms with E-state index < -0.39 is 5.60 Å². The fraction of sp³-hybridized carbons (Fsp3) is 0.263. The number of carbonyl (C=O) groups is 1. The molecule has 0 saturated carbocycles. The summed E-state index contributed by atoms with van der Waals surface area (Å²) < 4.78 is 7.38. The smallest absolute Gasteiger partial charge is 0.355 e. The molecule has 0 atom stereocenters. The van der Waals surface area contributed by atoms with E-state index >= 15 is 0 Å². The zero-order valence-electron chi connectivity index (χ0n) is 14.1. The van der Waals surface area contributed by atoms with Crippen LogP contribution in [-0.2, 0) is 4.74 Å². The molecule has 0 amide bonds. The van der Waals surface area contributed by atoms with Gasteiger partial charge in [0.2, 0.25) is 0 Å². The molecule has 0 spiro atoms. The van der Waals surface area contributed by atoms with Crippen LogP contribution in [-0.4, -0.2) is 21.1 Å². The SMILES string of the molecule is Cc1ccccc1-n1c(C(=O)OC(C)(C)C)cc2ccc(Cl)nc21. The first-order valence-electron chi connectivity index (χ1n) is 7.73. The first-order chi connectivity index (χ1) is 11.3. The summed E-state index contributed by atoms with van der Waals surface area (Å²) in [6.07, 6.45) is 0. The molecule has 0 saturated heterocycles. The zero-order chi connectivity index (χ0) is 17.5. The van der Waals surface area contributed by atoms with Crippen molar-refractivity contribution in [3.8, 4) is 5.69 Å². The third-order valence-corrected chi connectivity index (χ3v) is 3.79. The van der Waals surface area contributed by atoms with Crippen molar-refractivity contribution in [1.29, 1.82) is 0 Å². The van der Waals surface area contributed by atoms with Crippen molar-refractivity contribution in [1.82, 2.24) is 9.55 Å². The second-order valence-corrected chi connectivity index (χ2v) is 7.09. The van der Waals surface area contributed by atoms with E-state index in [0.717, 1.165) is 16.6 Å². The van der Waals surface area contributed by atoms with Crippen molar-refractivity contribution in [2.24, 2.45) is 0 Å². The number of pyridine rings is 1. The van der Waals surface area contributed by atoms with Gasteiger partial charge in [0.25, 0.3) is 0 Å². The Labute approximate surface area is 146 Å². The Morgan fingerprint density at radius 3 is 2.54 bits per heavy atom. The molecule has 0 aliphatic carbocycles. The number of fused-ring (bicyclic) bond motifs is 1. The van der Waals surface area contributed by atoms with Crippen LogP contribution in [0.5, 0.6) is 0 Å². The molecule has 0 radical (unpaired) electrons. The van der Waals surface area contributed by atoms with Gasteiger partial charge in [0, 0.05) is 5.39 Å². The standard InChI is InChI=1S/C19H19ClN2O2/c1-12-7-5-6-8-14(12)22-15(18(23)24-19(2,3)4)11-13-9-10-16(20)21-17(13)22/h5-11H,1-4H3. The van der Waals surface area contributed by atoms with Crippen LogP contribution in [0, 0.1) is 6.92 Å². The number of carbonyl (C=O) groups excluding carboxylic acids is 1. The molecule has 0 fully saturated rings. The highest BCUT2D eigenvalue weighted by Gasteiger charge is 2.24. The minimum absolute atomic E-state index is 0.381. The largest absolute Gasteiger partial charge is 0.455 e. The number of hydrogen-bond donors (Lipinski definition) is 0. The van der Waals surface area contributed by atoms with E-state index in [1.165, 1.54) is 0 Å². The topological polar surface area (TPSA) is 44.1 Å². The molecule has 0 unspecified atom stereocenters. The van der Waals surface area contributed by atoms with E-state index in [2.05, 4.69) is 4.98 Å². The summed E-state index contributed by atoms with van der Waals surface area (Å²) in [6.45, 7) is 7.53. The number of aromatic nitrogens is 2. The van der Waals surface area contributed by atoms with E-state index in [4.69, 9.17) is 16.3 Å². The first kappa shape index (κ1) is 16.5. The maximum Gasteiger partial charge on any atom is 0.355 e. The zero-order valence-corrected chi connectivity index (χ0v) is 14.9. The van der Waals surface area contributed by atoms with Gasteiger partial charge < -0.3 is 4.74 Å². The summed E-state index contributed by atoms with van der Waals surface area (Å²) in [6, 6.07) is 13.2. The Morgan fingerprint density at radius 1 is 1.17 bits per heavy atom. The lowest BCUT2D eigenvalue weighted by Gasteiger charge is -2.20. The summed E-state index contributed by atoms with van der Waals surface area (Å²) in [7, 11) is 0. The third kappa shape index (κ3) is 3.15. The molecule has 0 bridgehead atoms. The fourth-order valence-electron chi connectivity index (χ4n) is 2.59. The summed E-state index contributed by atoms with van der Waals surface area (Å²) >= 11 is 6.07. The van der Waals surface area contributed by atoms with Crippen LogP contribution in [0.15, 0.2) is 42.5 Å². The van der Waals surface area contributed by atoms with Gasteiger partial charge in [-0.25, -0.2) is 9.78 Å². The lowest BCUT2D eigenvalue weighted by Crippen LogP contribution is -2.25. The highest BCUT2D eigenvalue weighted by Crippen LogP contribution is 2.27. The second-order valence-electron chi connectivity index (χ2n) is 6.70. The monoisotopic (exact) mass is 342 g/mol. The molecule has 5 heteroatoms. The van der Waals surface area contributed by atoms with Crippen molar-refractivity contribution in [2.45, 2.75) is 33.3 Å². The first-order valence-corrected chi connectivity index (χ1v) is 8.11. The summed E-state index contributed by atoms with van der Waals surface area (Å²) in [5.74, 6) is -0.389. The highest BCUT2D eigenvalue weighted by molar-refractivity contribution is 6.29. The van der Waals surface area contributed by atoms with Crippen molar-refractivity contribution >= 4 is 28.6 Å². The number of hydrogen-bond acceptors (Lipinski definition) is 3. The number of benzene rings is 1. The Hall–Kier alpha value is -2.33. The van der Waals surface area contributed by atoms with Gasteiger partial charge in [0.05, 0.1) is 5.69 Å². The molecule has 0 N–H and O–H groups in total.